The molecule has 4 nitrogen and oxygen atoms in total. The van der Waals surface area contributed by atoms with Gasteiger partial charge in [-0.2, -0.15) is 0 Å². The largest absolute Gasteiger partial charge is 0.341 e. The molecular formula is C20H30N2O2. The highest BCUT2D eigenvalue weighted by atomic mass is 16.2. The van der Waals surface area contributed by atoms with Gasteiger partial charge in [-0.25, -0.2) is 0 Å². The number of likely N-dealkylation sites (tertiary alicyclic amines) is 1. The Bertz CT molecular complexity index is 575. The lowest BCUT2D eigenvalue weighted by Crippen LogP contribution is -2.51. The number of amides is 2. The molecule has 0 saturated carbocycles. The number of rotatable bonds is 5. The average Bonchev–Trinajstić information content (AvgIpc) is 2.54. The molecule has 1 aromatic carbocycles. The van der Waals surface area contributed by atoms with Gasteiger partial charge in [-0.15, -0.1) is 0 Å². The Morgan fingerprint density at radius 3 is 2.42 bits per heavy atom. The van der Waals surface area contributed by atoms with E-state index in [9.17, 15) is 9.59 Å². The molecule has 0 aromatic heterocycles. The molecule has 24 heavy (non-hydrogen) atoms. The van der Waals surface area contributed by atoms with Gasteiger partial charge in [0.1, 0.15) is 6.04 Å². The topological polar surface area (TPSA) is 49.4 Å². The Kier molecular flexibility index (Phi) is 6.41. The highest BCUT2D eigenvalue weighted by molar-refractivity contribution is 5.98. The molecule has 0 radical (unpaired) electrons. The fourth-order valence-corrected chi connectivity index (χ4v) is 3.21. The molecule has 0 spiro atoms. The number of aryl methyl sites for hydroxylation is 1. The van der Waals surface area contributed by atoms with Crippen LogP contribution in [0.25, 0.3) is 0 Å². The molecule has 1 unspecified atom stereocenters. The molecule has 4 heteroatoms. The number of piperidine rings is 1. The molecule has 0 bridgehead atoms. The van der Waals surface area contributed by atoms with Crippen LogP contribution in [0.15, 0.2) is 24.3 Å². The minimum Gasteiger partial charge on any atom is -0.341 e. The van der Waals surface area contributed by atoms with E-state index in [0.717, 1.165) is 31.5 Å². The summed E-state index contributed by atoms with van der Waals surface area (Å²) in [5.41, 5.74) is 1.57. The fourth-order valence-electron chi connectivity index (χ4n) is 3.21. The van der Waals surface area contributed by atoms with E-state index in [2.05, 4.69) is 26.1 Å². The quantitative estimate of drug-likeness (QED) is 0.899. The number of nitrogens with zero attached hydrogens (tertiary/aromatic N) is 1. The predicted octanol–water partition coefficient (Wildman–Crippen LogP) is 3.40. The first kappa shape index (κ1) is 18.5. The summed E-state index contributed by atoms with van der Waals surface area (Å²) >= 11 is 0. The zero-order chi connectivity index (χ0) is 17.7. The van der Waals surface area contributed by atoms with E-state index in [0.29, 0.717) is 23.8 Å². The van der Waals surface area contributed by atoms with Gasteiger partial charge in [0.25, 0.3) is 5.91 Å². The van der Waals surface area contributed by atoms with Crippen LogP contribution >= 0.6 is 0 Å². The Balaban J connectivity index is 2.09. The summed E-state index contributed by atoms with van der Waals surface area (Å²) in [6, 6.07) is 7.06. The highest BCUT2D eigenvalue weighted by Gasteiger charge is 2.29. The molecule has 1 saturated heterocycles. The van der Waals surface area contributed by atoms with Crippen molar-refractivity contribution in [3.8, 4) is 0 Å². The third-order valence-corrected chi connectivity index (χ3v) is 4.80. The zero-order valence-corrected chi connectivity index (χ0v) is 15.3. The molecule has 1 heterocycles. The van der Waals surface area contributed by atoms with Crippen molar-refractivity contribution >= 4 is 11.8 Å². The first-order chi connectivity index (χ1) is 11.4. The van der Waals surface area contributed by atoms with E-state index in [-0.39, 0.29) is 11.8 Å². The normalized spacial score (nSPS) is 17.0. The third-order valence-electron chi connectivity index (χ3n) is 4.80. The van der Waals surface area contributed by atoms with E-state index in [1.165, 1.54) is 0 Å². The molecule has 1 N–H and O–H groups in total. The molecule has 2 amide bonds. The van der Waals surface area contributed by atoms with Crippen molar-refractivity contribution in [1.29, 1.82) is 0 Å². The van der Waals surface area contributed by atoms with Crippen molar-refractivity contribution in [3.05, 3.63) is 35.4 Å². The van der Waals surface area contributed by atoms with Crippen LogP contribution in [-0.2, 0) is 4.79 Å². The van der Waals surface area contributed by atoms with Crippen LogP contribution in [0, 0.1) is 18.8 Å². The third kappa shape index (κ3) is 4.83. The van der Waals surface area contributed by atoms with Gasteiger partial charge >= 0.3 is 0 Å². The smallest absolute Gasteiger partial charge is 0.252 e. The summed E-state index contributed by atoms with van der Waals surface area (Å²) in [5, 5.41) is 2.98. The Morgan fingerprint density at radius 1 is 1.21 bits per heavy atom. The second kappa shape index (κ2) is 8.32. The summed E-state index contributed by atoms with van der Waals surface area (Å²) in [6.07, 6.45) is 2.76. The van der Waals surface area contributed by atoms with E-state index >= 15 is 0 Å². The van der Waals surface area contributed by atoms with Crippen LogP contribution in [0.4, 0.5) is 0 Å². The van der Waals surface area contributed by atoms with Crippen LogP contribution in [0.5, 0.6) is 0 Å². The van der Waals surface area contributed by atoms with Crippen molar-refractivity contribution in [3.63, 3.8) is 0 Å². The summed E-state index contributed by atoms with van der Waals surface area (Å²) in [6.45, 7) is 9.91. The molecular weight excluding hydrogens is 300 g/mol. The summed E-state index contributed by atoms with van der Waals surface area (Å²) < 4.78 is 0. The van der Waals surface area contributed by atoms with Crippen LogP contribution in [0.2, 0.25) is 0 Å². The van der Waals surface area contributed by atoms with Gasteiger partial charge < -0.3 is 10.2 Å². The van der Waals surface area contributed by atoms with Gasteiger partial charge in [0.05, 0.1) is 0 Å². The van der Waals surface area contributed by atoms with Crippen LogP contribution in [-0.4, -0.2) is 35.8 Å². The zero-order valence-electron chi connectivity index (χ0n) is 15.3. The molecule has 2 rings (SSSR count). The number of hydrogen-bond acceptors (Lipinski definition) is 2. The number of carbonyl (C=O) groups is 2. The maximum atomic E-state index is 12.9. The van der Waals surface area contributed by atoms with E-state index in [4.69, 9.17) is 0 Å². The number of carbonyl (C=O) groups excluding carboxylic acids is 2. The minimum atomic E-state index is -0.439. The molecule has 1 aromatic rings. The number of nitrogens with one attached hydrogen (secondary N) is 1. The Labute approximate surface area is 145 Å². The first-order valence-electron chi connectivity index (χ1n) is 9.03. The molecule has 1 aliphatic heterocycles. The van der Waals surface area contributed by atoms with Crippen molar-refractivity contribution < 1.29 is 9.59 Å². The Hall–Kier alpha value is -1.84. The SMILES string of the molecule is Cc1ccccc1C(=O)NC(CC(C)C)C(=O)N1CCC(C)CC1. The van der Waals surface area contributed by atoms with Crippen molar-refractivity contribution in [2.24, 2.45) is 11.8 Å². The van der Waals surface area contributed by atoms with Gasteiger partial charge in [0.15, 0.2) is 0 Å². The highest BCUT2D eigenvalue weighted by Crippen LogP contribution is 2.18. The first-order valence-corrected chi connectivity index (χ1v) is 9.03. The van der Waals surface area contributed by atoms with Crippen LogP contribution in [0.1, 0.15) is 56.0 Å². The van der Waals surface area contributed by atoms with Gasteiger partial charge in [0.2, 0.25) is 5.91 Å². The molecule has 132 valence electrons. The van der Waals surface area contributed by atoms with E-state index in [1.54, 1.807) is 0 Å². The van der Waals surface area contributed by atoms with Crippen LogP contribution in [0.3, 0.4) is 0 Å². The monoisotopic (exact) mass is 330 g/mol. The predicted molar refractivity (Wildman–Crippen MR) is 96.9 cm³/mol. The van der Waals surface area contributed by atoms with Gasteiger partial charge in [-0.3, -0.25) is 9.59 Å². The van der Waals surface area contributed by atoms with Gasteiger partial charge in [0, 0.05) is 18.7 Å². The summed E-state index contributed by atoms with van der Waals surface area (Å²) in [4.78, 5) is 27.4. The Morgan fingerprint density at radius 2 is 1.83 bits per heavy atom. The average molecular weight is 330 g/mol. The summed E-state index contributed by atoms with van der Waals surface area (Å²) in [5.74, 6) is 0.939. The van der Waals surface area contributed by atoms with Crippen LogP contribution < -0.4 is 5.32 Å². The molecule has 0 aliphatic carbocycles. The maximum absolute atomic E-state index is 12.9. The molecule has 1 atom stereocenters. The number of benzene rings is 1. The van der Waals surface area contributed by atoms with Crippen molar-refractivity contribution in [1.82, 2.24) is 10.2 Å². The molecule has 1 fully saturated rings. The second-order valence-electron chi connectivity index (χ2n) is 7.48. The second-order valence-corrected chi connectivity index (χ2v) is 7.48. The maximum Gasteiger partial charge on any atom is 0.252 e. The minimum absolute atomic E-state index is 0.0672. The number of hydrogen-bond donors (Lipinski definition) is 1. The molecule has 1 aliphatic rings. The van der Waals surface area contributed by atoms with Gasteiger partial charge in [-0.1, -0.05) is 39.0 Å². The van der Waals surface area contributed by atoms with E-state index < -0.39 is 6.04 Å². The standard InChI is InChI=1S/C20H30N2O2/c1-14(2)13-18(20(24)22-11-9-15(3)10-12-22)21-19(23)17-8-6-5-7-16(17)4/h5-8,14-15,18H,9-13H2,1-4H3,(H,21,23). The van der Waals surface area contributed by atoms with E-state index in [1.807, 2.05) is 36.1 Å². The fraction of sp³-hybridized carbons (Fsp3) is 0.600. The summed E-state index contributed by atoms with van der Waals surface area (Å²) in [7, 11) is 0. The van der Waals surface area contributed by atoms with Crippen molar-refractivity contribution in [2.75, 3.05) is 13.1 Å². The lowest BCUT2D eigenvalue weighted by molar-refractivity contribution is -0.135. The lowest BCUT2D eigenvalue weighted by atomic mass is 9.96. The van der Waals surface area contributed by atoms with Crippen molar-refractivity contribution in [2.45, 2.75) is 53.0 Å². The van der Waals surface area contributed by atoms with Gasteiger partial charge in [-0.05, 0) is 49.7 Å². The lowest BCUT2D eigenvalue weighted by Gasteiger charge is -2.33.